The fraction of sp³-hybridized carbons (Fsp3) is 0.250. The SMILES string of the molecule is FC1(F)CC1c1cnc(-c2ccc(Br)cc2)o1. The Balaban J connectivity index is 1.88. The predicted molar refractivity (Wildman–Crippen MR) is 61.9 cm³/mol. The van der Waals surface area contributed by atoms with Gasteiger partial charge in [0.1, 0.15) is 5.76 Å². The maximum absolute atomic E-state index is 12.9. The van der Waals surface area contributed by atoms with Crippen LogP contribution in [0.2, 0.25) is 0 Å². The number of nitrogens with zero attached hydrogens (tertiary/aromatic N) is 1. The maximum atomic E-state index is 12.9. The third kappa shape index (κ3) is 1.99. The Labute approximate surface area is 105 Å². The first kappa shape index (κ1) is 10.9. The monoisotopic (exact) mass is 299 g/mol. The van der Waals surface area contributed by atoms with Gasteiger partial charge < -0.3 is 4.42 Å². The summed E-state index contributed by atoms with van der Waals surface area (Å²) in [7, 11) is 0. The number of hydrogen-bond acceptors (Lipinski definition) is 2. The number of alkyl halides is 2. The molecule has 2 nitrogen and oxygen atoms in total. The molecule has 17 heavy (non-hydrogen) atoms. The van der Waals surface area contributed by atoms with Gasteiger partial charge in [-0.25, -0.2) is 13.8 Å². The lowest BCUT2D eigenvalue weighted by molar-refractivity contribution is 0.109. The van der Waals surface area contributed by atoms with Crippen LogP contribution in [0.25, 0.3) is 11.5 Å². The highest BCUT2D eigenvalue weighted by Gasteiger charge is 2.59. The molecule has 1 heterocycles. The third-order valence-corrected chi connectivity index (χ3v) is 3.31. The fourth-order valence-electron chi connectivity index (χ4n) is 1.70. The Morgan fingerprint density at radius 3 is 2.53 bits per heavy atom. The molecular formula is C12H8BrF2NO. The molecule has 0 bridgehead atoms. The highest BCUT2D eigenvalue weighted by Crippen LogP contribution is 2.56. The molecule has 0 aliphatic heterocycles. The van der Waals surface area contributed by atoms with Gasteiger partial charge in [-0.1, -0.05) is 15.9 Å². The van der Waals surface area contributed by atoms with Crippen molar-refractivity contribution in [2.24, 2.45) is 0 Å². The molecule has 0 saturated heterocycles. The molecule has 1 aliphatic carbocycles. The van der Waals surface area contributed by atoms with Gasteiger partial charge in [-0.2, -0.15) is 0 Å². The standard InChI is InChI=1S/C12H8BrF2NO/c13-8-3-1-7(2-4-8)11-16-6-10(17-11)9-5-12(9,14)15/h1-4,6,9H,5H2. The first-order valence-corrected chi connectivity index (χ1v) is 5.95. The zero-order valence-corrected chi connectivity index (χ0v) is 10.2. The third-order valence-electron chi connectivity index (χ3n) is 2.78. The van der Waals surface area contributed by atoms with Gasteiger partial charge in [0.2, 0.25) is 5.89 Å². The molecule has 3 rings (SSSR count). The maximum Gasteiger partial charge on any atom is 0.259 e. The minimum absolute atomic E-state index is 0.137. The Morgan fingerprint density at radius 2 is 1.94 bits per heavy atom. The minimum Gasteiger partial charge on any atom is -0.441 e. The summed E-state index contributed by atoms with van der Waals surface area (Å²) in [4.78, 5) is 4.03. The van der Waals surface area contributed by atoms with Crippen LogP contribution in [0, 0.1) is 0 Å². The van der Waals surface area contributed by atoms with E-state index in [2.05, 4.69) is 20.9 Å². The van der Waals surface area contributed by atoms with E-state index >= 15 is 0 Å². The van der Waals surface area contributed by atoms with Crippen LogP contribution in [0.5, 0.6) is 0 Å². The Morgan fingerprint density at radius 1 is 1.29 bits per heavy atom. The van der Waals surface area contributed by atoms with E-state index in [0.717, 1.165) is 10.0 Å². The van der Waals surface area contributed by atoms with Crippen LogP contribution in [0.3, 0.4) is 0 Å². The van der Waals surface area contributed by atoms with Gasteiger partial charge in [0.05, 0.1) is 12.1 Å². The van der Waals surface area contributed by atoms with Gasteiger partial charge in [0.25, 0.3) is 5.92 Å². The average Bonchev–Trinajstić information content (AvgIpc) is 2.76. The fourth-order valence-corrected chi connectivity index (χ4v) is 1.96. The van der Waals surface area contributed by atoms with E-state index < -0.39 is 11.8 Å². The van der Waals surface area contributed by atoms with Gasteiger partial charge in [-0.05, 0) is 24.3 Å². The molecule has 0 radical (unpaired) electrons. The van der Waals surface area contributed by atoms with E-state index in [9.17, 15) is 8.78 Å². The summed E-state index contributed by atoms with van der Waals surface area (Å²) in [5.41, 5.74) is 0.781. The van der Waals surface area contributed by atoms with Gasteiger partial charge >= 0.3 is 0 Å². The smallest absolute Gasteiger partial charge is 0.259 e. The first-order chi connectivity index (χ1) is 8.06. The normalized spacial score (nSPS) is 21.5. The molecule has 88 valence electrons. The van der Waals surface area contributed by atoms with E-state index in [1.165, 1.54) is 6.20 Å². The van der Waals surface area contributed by atoms with Crippen LogP contribution in [0.4, 0.5) is 8.78 Å². The summed E-state index contributed by atoms with van der Waals surface area (Å²) in [5, 5.41) is 0. The second-order valence-corrected chi connectivity index (χ2v) is 5.01. The highest BCUT2D eigenvalue weighted by atomic mass is 79.9. The number of benzene rings is 1. The lowest BCUT2D eigenvalue weighted by Crippen LogP contribution is -1.90. The van der Waals surface area contributed by atoms with Crippen molar-refractivity contribution < 1.29 is 13.2 Å². The molecule has 0 N–H and O–H groups in total. The zero-order chi connectivity index (χ0) is 12.0. The van der Waals surface area contributed by atoms with E-state index in [4.69, 9.17) is 4.42 Å². The predicted octanol–water partition coefficient (Wildman–Crippen LogP) is 4.23. The molecule has 1 aromatic carbocycles. The van der Waals surface area contributed by atoms with E-state index in [-0.39, 0.29) is 12.2 Å². The molecule has 2 aromatic rings. The van der Waals surface area contributed by atoms with Crippen LogP contribution in [0.15, 0.2) is 39.4 Å². The molecule has 1 fully saturated rings. The number of oxazole rings is 1. The van der Waals surface area contributed by atoms with Crippen molar-refractivity contribution in [1.82, 2.24) is 4.98 Å². The first-order valence-electron chi connectivity index (χ1n) is 5.16. The molecular weight excluding hydrogens is 292 g/mol. The summed E-state index contributed by atoms with van der Waals surface area (Å²) in [6.45, 7) is 0. The topological polar surface area (TPSA) is 26.0 Å². The summed E-state index contributed by atoms with van der Waals surface area (Å²) in [6.07, 6.45) is 1.25. The number of rotatable bonds is 2. The molecule has 0 spiro atoms. The lowest BCUT2D eigenvalue weighted by Gasteiger charge is -1.96. The second-order valence-electron chi connectivity index (χ2n) is 4.09. The largest absolute Gasteiger partial charge is 0.441 e. The average molecular weight is 300 g/mol. The van der Waals surface area contributed by atoms with Crippen LogP contribution in [-0.2, 0) is 0 Å². The Kier molecular flexibility index (Phi) is 2.33. The minimum atomic E-state index is -2.61. The van der Waals surface area contributed by atoms with Gasteiger partial charge in [0, 0.05) is 16.5 Å². The van der Waals surface area contributed by atoms with Crippen molar-refractivity contribution in [3.8, 4) is 11.5 Å². The van der Waals surface area contributed by atoms with E-state index in [0.29, 0.717) is 5.89 Å². The van der Waals surface area contributed by atoms with Crippen molar-refractivity contribution in [2.45, 2.75) is 18.3 Å². The molecule has 1 atom stereocenters. The summed E-state index contributed by atoms with van der Waals surface area (Å²) in [5.74, 6) is -2.75. The van der Waals surface area contributed by atoms with Crippen molar-refractivity contribution in [3.63, 3.8) is 0 Å². The summed E-state index contributed by atoms with van der Waals surface area (Å²) < 4.78 is 32.0. The highest BCUT2D eigenvalue weighted by molar-refractivity contribution is 9.10. The van der Waals surface area contributed by atoms with Gasteiger partial charge in [0.15, 0.2) is 0 Å². The Hall–Kier alpha value is -1.23. The molecule has 1 saturated carbocycles. The van der Waals surface area contributed by atoms with Crippen LogP contribution in [-0.4, -0.2) is 10.9 Å². The van der Waals surface area contributed by atoms with E-state index in [1.807, 2.05) is 24.3 Å². The summed E-state index contributed by atoms with van der Waals surface area (Å²) in [6, 6.07) is 7.35. The number of hydrogen-bond donors (Lipinski definition) is 0. The second kappa shape index (κ2) is 3.63. The number of aromatic nitrogens is 1. The quantitative estimate of drug-likeness (QED) is 0.829. The summed E-state index contributed by atoms with van der Waals surface area (Å²) >= 11 is 3.32. The van der Waals surface area contributed by atoms with Crippen LogP contribution < -0.4 is 0 Å². The number of halogens is 3. The molecule has 0 amide bonds. The molecule has 1 unspecified atom stereocenters. The van der Waals surface area contributed by atoms with Crippen molar-refractivity contribution in [1.29, 1.82) is 0 Å². The Bertz CT molecular complexity index is 550. The van der Waals surface area contributed by atoms with Crippen LogP contribution in [0.1, 0.15) is 18.1 Å². The molecule has 1 aromatic heterocycles. The van der Waals surface area contributed by atoms with Crippen molar-refractivity contribution in [3.05, 3.63) is 40.7 Å². The van der Waals surface area contributed by atoms with E-state index in [1.54, 1.807) is 0 Å². The van der Waals surface area contributed by atoms with Gasteiger partial charge in [-0.15, -0.1) is 0 Å². The lowest BCUT2D eigenvalue weighted by atomic mass is 10.2. The van der Waals surface area contributed by atoms with Gasteiger partial charge in [-0.3, -0.25) is 0 Å². The van der Waals surface area contributed by atoms with Crippen molar-refractivity contribution in [2.75, 3.05) is 0 Å². The molecule has 1 aliphatic rings. The zero-order valence-electron chi connectivity index (χ0n) is 8.66. The molecule has 5 heteroatoms. The van der Waals surface area contributed by atoms with Crippen molar-refractivity contribution >= 4 is 15.9 Å². The van der Waals surface area contributed by atoms with Crippen LogP contribution >= 0.6 is 15.9 Å².